The SMILES string of the molecule is CC(C)c1noc(CCC(=O)N[C@@H](C)c2ccc(Cl)s2)n1. The molecule has 0 aromatic carbocycles. The van der Waals surface area contributed by atoms with Crippen LogP contribution in [0.25, 0.3) is 0 Å². The molecule has 1 atom stereocenters. The molecule has 0 radical (unpaired) electrons. The van der Waals surface area contributed by atoms with Gasteiger partial charge in [-0.1, -0.05) is 30.6 Å². The fraction of sp³-hybridized carbons (Fsp3) is 0.500. The molecule has 0 saturated carbocycles. The van der Waals surface area contributed by atoms with Gasteiger partial charge in [0.1, 0.15) is 0 Å². The highest BCUT2D eigenvalue weighted by atomic mass is 35.5. The van der Waals surface area contributed by atoms with E-state index >= 15 is 0 Å². The summed E-state index contributed by atoms with van der Waals surface area (Å²) in [4.78, 5) is 17.2. The number of rotatable bonds is 6. The summed E-state index contributed by atoms with van der Waals surface area (Å²) in [5.41, 5.74) is 0. The number of hydrogen-bond donors (Lipinski definition) is 1. The Morgan fingerprint density at radius 1 is 1.43 bits per heavy atom. The number of amides is 1. The van der Waals surface area contributed by atoms with Crippen LogP contribution in [0.15, 0.2) is 16.7 Å². The quantitative estimate of drug-likeness (QED) is 0.878. The molecule has 2 aromatic heterocycles. The summed E-state index contributed by atoms with van der Waals surface area (Å²) in [7, 11) is 0. The van der Waals surface area contributed by atoms with Gasteiger partial charge in [-0.3, -0.25) is 4.79 Å². The molecule has 0 spiro atoms. The lowest BCUT2D eigenvalue weighted by molar-refractivity contribution is -0.121. The molecule has 2 aromatic rings. The van der Waals surface area contributed by atoms with Crippen LogP contribution >= 0.6 is 22.9 Å². The monoisotopic (exact) mass is 327 g/mol. The molecular formula is C14H18ClN3O2S. The zero-order chi connectivity index (χ0) is 15.4. The van der Waals surface area contributed by atoms with Crippen LogP contribution in [-0.4, -0.2) is 16.0 Å². The third kappa shape index (κ3) is 4.54. The lowest BCUT2D eigenvalue weighted by Crippen LogP contribution is -2.26. The highest BCUT2D eigenvalue weighted by Crippen LogP contribution is 2.26. The second-order valence-corrected chi connectivity index (χ2v) is 6.88. The first kappa shape index (κ1) is 16.0. The molecule has 0 aliphatic carbocycles. The summed E-state index contributed by atoms with van der Waals surface area (Å²) in [6.45, 7) is 5.92. The number of aryl methyl sites for hydroxylation is 1. The van der Waals surface area contributed by atoms with Gasteiger partial charge in [-0.25, -0.2) is 0 Å². The number of aromatic nitrogens is 2. The van der Waals surface area contributed by atoms with Crippen LogP contribution in [0, 0.1) is 0 Å². The molecule has 21 heavy (non-hydrogen) atoms. The van der Waals surface area contributed by atoms with Gasteiger partial charge >= 0.3 is 0 Å². The Labute approximate surface area is 132 Å². The molecule has 0 saturated heterocycles. The smallest absolute Gasteiger partial charge is 0.227 e. The topological polar surface area (TPSA) is 68.0 Å². The average molecular weight is 328 g/mol. The third-order valence-corrected chi connectivity index (χ3v) is 4.38. The Balaban J connectivity index is 1.81. The van der Waals surface area contributed by atoms with Gasteiger partial charge in [0.15, 0.2) is 5.82 Å². The molecule has 2 rings (SSSR count). The van der Waals surface area contributed by atoms with Crippen LogP contribution in [0.1, 0.15) is 55.7 Å². The van der Waals surface area contributed by atoms with E-state index in [0.29, 0.717) is 24.6 Å². The van der Waals surface area contributed by atoms with Gasteiger partial charge in [0.25, 0.3) is 0 Å². The van der Waals surface area contributed by atoms with Crippen molar-refractivity contribution >= 4 is 28.8 Å². The van der Waals surface area contributed by atoms with Crippen molar-refractivity contribution in [3.63, 3.8) is 0 Å². The summed E-state index contributed by atoms with van der Waals surface area (Å²) in [5, 5.41) is 6.81. The molecule has 0 bridgehead atoms. The van der Waals surface area contributed by atoms with Crippen LogP contribution in [0.5, 0.6) is 0 Å². The Hall–Kier alpha value is -1.40. The van der Waals surface area contributed by atoms with Gasteiger partial charge in [0, 0.05) is 23.6 Å². The van der Waals surface area contributed by atoms with Gasteiger partial charge in [-0.05, 0) is 19.1 Å². The van der Waals surface area contributed by atoms with Gasteiger partial charge in [0.05, 0.1) is 10.4 Å². The van der Waals surface area contributed by atoms with Crippen LogP contribution in [0.3, 0.4) is 0 Å². The van der Waals surface area contributed by atoms with Gasteiger partial charge in [-0.2, -0.15) is 4.98 Å². The van der Waals surface area contributed by atoms with E-state index < -0.39 is 0 Å². The minimum atomic E-state index is -0.0519. The van der Waals surface area contributed by atoms with E-state index in [9.17, 15) is 4.79 Å². The lowest BCUT2D eigenvalue weighted by atomic mass is 10.2. The fourth-order valence-corrected chi connectivity index (χ4v) is 2.83. The zero-order valence-corrected chi connectivity index (χ0v) is 13.8. The van der Waals surface area contributed by atoms with Crippen molar-refractivity contribution in [2.45, 2.75) is 45.6 Å². The predicted octanol–water partition coefficient (Wildman–Crippen LogP) is 3.72. The highest BCUT2D eigenvalue weighted by Gasteiger charge is 2.14. The zero-order valence-electron chi connectivity index (χ0n) is 12.2. The molecule has 1 N–H and O–H groups in total. The lowest BCUT2D eigenvalue weighted by Gasteiger charge is -2.11. The molecule has 0 fully saturated rings. The van der Waals surface area contributed by atoms with Crippen molar-refractivity contribution < 1.29 is 9.32 Å². The second-order valence-electron chi connectivity index (χ2n) is 5.13. The normalized spacial score (nSPS) is 12.6. The molecule has 5 nitrogen and oxygen atoms in total. The maximum Gasteiger partial charge on any atom is 0.227 e. The summed E-state index contributed by atoms with van der Waals surface area (Å²) in [6.07, 6.45) is 0.770. The van der Waals surface area contributed by atoms with Crippen LogP contribution in [-0.2, 0) is 11.2 Å². The Morgan fingerprint density at radius 3 is 2.76 bits per heavy atom. The molecule has 2 heterocycles. The Bertz CT molecular complexity index is 609. The van der Waals surface area contributed by atoms with Crippen molar-refractivity contribution in [1.29, 1.82) is 0 Å². The highest BCUT2D eigenvalue weighted by molar-refractivity contribution is 7.16. The predicted molar refractivity (Wildman–Crippen MR) is 82.6 cm³/mol. The standard InChI is InChI=1S/C14H18ClN3O2S/c1-8(2)14-17-13(20-18-14)7-6-12(19)16-9(3)10-4-5-11(15)21-10/h4-5,8-9H,6-7H2,1-3H3,(H,16,19)/t9-/m0/s1. The maximum atomic E-state index is 11.9. The van der Waals surface area contributed by atoms with Crippen molar-refractivity contribution in [2.24, 2.45) is 0 Å². The van der Waals surface area contributed by atoms with Crippen molar-refractivity contribution in [1.82, 2.24) is 15.5 Å². The van der Waals surface area contributed by atoms with E-state index in [4.69, 9.17) is 16.1 Å². The van der Waals surface area contributed by atoms with E-state index in [0.717, 1.165) is 9.21 Å². The number of thiophene rings is 1. The van der Waals surface area contributed by atoms with Crippen molar-refractivity contribution in [2.75, 3.05) is 0 Å². The van der Waals surface area contributed by atoms with E-state index in [1.165, 1.54) is 11.3 Å². The van der Waals surface area contributed by atoms with Gasteiger partial charge < -0.3 is 9.84 Å². The molecule has 114 valence electrons. The number of carbonyl (C=O) groups excluding carboxylic acids is 1. The number of nitrogens with one attached hydrogen (secondary N) is 1. The molecule has 1 amide bonds. The van der Waals surface area contributed by atoms with Crippen LogP contribution < -0.4 is 5.32 Å². The van der Waals surface area contributed by atoms with Crippen LogP contribution in [0.2, 0.25) is 4.34 Å². The third-order valence-electron chi connectivity index (χ3n) is 2.96. The molecule has 0 aliphatic rings. The molecular weight excluding hydrogens is 310 g/mol. The molecule has 7 heteroatoms. The summed E-state index contributed by atoms with van der Waals surface area (Å²) in [6, 6.07) is 3.70. The largest absolute Gasteiger partial charge is 0.349 e. The van der Waals surface area contributed by atoms with E-state index in [-0.39, 0.29) is 17.9 Å². The van der Waals surface area contributed by atoms with E-state index in [1.807, 2.05) is 32.9 Å². The first-order valence-corrected chi connectivity index (χ1v) is 8.02. The van der Waals surface area contributed by atoms with E-state index in [2.05, 4.69) is 15.5 Å². The second kappa shape index (κ2) is 7.04. The number of hydrogen-bond acceptors (Lipinski definition) is 5. The summed E-state index contributed by atoms with van der Waals surface area (Å²) in [5.74, 6) is 1.35. The number of carbonyl (C=O) groups is 1. The Kier molecular flexibility index (Phi) is 5.36. The fourth-order valence-electron chi connectivity index (χ4n) is 1.77. The molecule has 0 unspecified atom stereocenters. The summed E-state index contributed by atoms with van der Waals surface area (Å²) >= 11 is 7.36. The number of halogens is 1. The first-order chi connectivity index (χ1) is 9.95. The average Bonchev–Trinajstić information content (AvgIpc) is 3.05. The van der Waals surface area contributed by atoms with Gasteiger partial charge in [0.2, 0.25) is 11.8 Å². The van der Waals surface area contributed by atoms with Crippen molar-refractivity contribution in [3.05, 3.63) is 33.1 Å². The molecule has 0 aliphatic heterocycles. The minimum absolute atomic E-state index is 0.0451. The maximum absolute atomic E-state index is 11.9. The van der Waals surface area contributed by atoms with Crippen molar-refractivity contribution in [3.8, 4) is 0 Å². The Morgan fingerprint density at radius 2 is 2.19 bits per heavy atom. The first-order valence-electron chi connectivity index (χ1n) is 6.82. The van der Waals surface area contributed by atoms with Gasteiger partial charge in [-0.15, -0.1) is 11.3 Å². The van der Waals surface area contributed by atoms with E-state index in [1.54, 1.807) is 0 Å². The summed E-state index contributed by atoms with van der Waals surface area (Å²) < 4.78 is 5.83. The van der Waals surface area contributed by atoms with Crippen LogP contribution in [0.4, 0.5) is 0 Å². The minimum Gasteiger partial charge on any atom is -0.349 e. The number of nitrogens with zero attached hydrogens (tertiary/aromatic N) is 2.